The number of fused-ring (bicyclic) bond motifs is 1. The summed E-state index contributed by atoms with van der Waals surface area (Å²) in [5, 5.41) is 8.12. The monoisotopic (exact) mass is 366 g/mol. The molecule has 2 N–H and O–H groups in total. The minimum Gasteiger partial charge on any atom is -0.441 e. The number of rotatable bonds is 5. The highest BCUT2D eigenvalue weighted by Gasteiger charge is 2.15. The highest BCUT2D eigenvalue weighted by molar-refractivity contribution is 5.93. The molecule has 4 rings (SSSR count). The lowest BCUT2D eigenvalue weighted by Crippen LogP contribution is -2.38. The molecule has 7 heteroatoms. The van der Waals surface area contributed by atoms with Gasteiger partial charge in [-0.25, -0.2) is 9.97 Å². The molecule has 2 aromatic heterocycles. The van der Waals surface area contributed by atoms with Gasteiger partial charge in [0.25, 0.3) is 0 Å². The van der Waals surface area contributed by atoms with Crippen LogP contribution in [0.15, 0.2) is 41.1 Å². The molecule has 1 amide bonds. The second kappa shape index (κ2) is 7.85. The molecule has 1 unspecified atom stereocenters. The van der Waals surface area contributed by atoms with E-state index in [1.54, 1.807) is 12.4 Å². The first-order chi connectivity index (χ1) is 13.2. The minimum absolute atomic E-state index is 0.0574. The smallest absolute Gasteiger partial charge is 0.225 e. The van der Waals surface area contributed by atoms with Gasteiger partial charge in [-0.3, -0.25) is 4.79 Å². The van der Waals surface area contributed by atoms with Gasteiger partial charge in [-0.05, 0) is 23.9 Å². The Bertz CT molecular complexity index is 947. The first kappa shape index (κ1) is 17.6. The molecule has 3 heterocycles. The summed E-state index contributed by atoms with van der Waals surface area (Å²) in [6.45, 7) is 4.19. The van der Waals surface area contributed by atoms with Crippen LogP contribution in [0.5, 0.6) is 0 Å². The van der Waals surface area contributed by atoms with Gasteiger partial charge in [-0.1, -0.05) is 12.1 Å². The van der Waals surface area contributed by atoms with Crippen molar-refractivity contribution in [2.75, 3.05) is 25.0 Å². The molecule has 140 valence electrons. The zero-order chi connectivity index (χ0) is 18.6. The summed E-state index contributed by atoms with van der Waals surface area (Å²) in [4.78, 5) is 20.7. The lowest BCUT2D eigenvalue weighted by molar-refractivity contribution is -0.117. The quantitative estimate of drug-likeness (QED) is 0.722. The van der Waals surface area contributed by atoms with Crippen LogP contribution in [-0.2, 0) is 9.53 Å². The molecule has 0 radical (unpaired) electrons. The molecule has 0 bridgehead atoms. The van der Waals surface area contributed by atoms with Crippen molar-refractivity contribution in [2.24, 2.45) is 0 Å². The van der Waals surface area contributed by atoms with Gasteiger partial charge >= 0.3 is 0 Å². The molecular formula is C20H22N4O3. The predicted molar refractivity (Wildman–Crippen MR) is 102 cm³/mol. The van der Waals surface area contributed by atoms with Gasteiger partial charge in [0, 0.05) is 43.6 Å². The number of nitrogens with zero attached hydrogens (tertiary/aromatic N) is 2. The van der Waals surface area contributed by atoms with E-state index in [1.807, 2.05) is 31.2 Å². The second-order valence-electron chi connectivity index (χ2n) is 6.66. The number of morpholine rings is 1. The summed E-state index contributed by atoms with van der Waals surface area (Å²) in [5.41, 5.74) is 0.938. The molecule has 0 saturated carbocycles. The topological polar surface area (TPSA) is 89.3 Å². The molecule has 1 fully saturated rings. The first-order valence-corrected chi connectivity index (χ1v) is 9.12. The Balaban J connectivity index is 1.44. The second-order valence-corrected chi connectivity index (χ2v) is 6.66. The van der Waals surface area contributed by atoms with Gasteiger partial charge in [0.1, 0.15) is 5.82 Å². The van der Waals surface area contributed by atoms with Gasteiger partial charge in [0.15, 0.2) is 11.7 Å². The summed E-state index contributed by atoms with van der Waals surface area (Å²) in [7, 11) is 0. The zero-order valence-corrected chi connectivity index (χ0v) is 15.2. The van der Waals surface area contributed by atoms with E-state index in [0.29, 0.717) is 31.2 Å². The lowest BCUT2D eigenvalue weighted by Gasteiger charge is -2.23. The SMILES string of the molecule is Cc1ncc(-c2ccc3cnc(NC(=O)CCC4CNCCO4)cc3c2)o1. The van der Waals surface area contributed by atoms with E-state index >= 15 is 0 Å². The van der Waals surface area contributed by atoms with Crippen LogP contribution in [0, 0.1) is 6.92 Å². The molecule has 1 aromatic carbocycles. The molecule has 7 nitrogen and oxygen atoms in total. The Labute approximate surface area is 157 Å². The molecule has 1 atom stereocenters. The van der Waals surface area contributed by atoms with Crippen LogP contribution in [0.2, 0.25) is 0 Å². The van der Waals surface area contributed by atoms with Gasteiger partial charge in [0.05, 0.1) is 18.9 Å². The van der Waals surface area contributed by atoms with E-state index in [0.717, 1.165) is 35.2 Å². The third kappa shape index (κ3) is 4.32. The Morgan fingerprint density at radius 3 is 2.96 bits per heavy atom. The fourth-order valence-electron chi connectivity index (χ4n) is 3.16. The van der Waals surface area contributed by atoms with Crippen LogP contribution in [0.4, 0.5) is 5.82 Å². The normalized spacial score (nSPS) is 17.1. The number of anilines is 1. The van der Waals surface area contributed by atoms with Crippen molar-refractivity contribution in [3.8, 4) is 11.3 Å². The van der Waals surface area contributed by atoms with Crippen LogP contribution in [0.1, 0.15) is 18.7 Å². The van der Waals surface area contributed by atoms with Gasteiger partial charge < -0.3 is 19.8 Å². The van der Waals surface area contributed by atoms with Crippen LogP contribution >= 0.6 is 0 Å². The number of hydrogen-bond acceptors (Lipinski definition) is 6. The average Bonchev–Trinajstić information content (AvgIpc) is 3.13. The van der Waals surface area contributed by atoms with E-state index in [-0.39, 0.29) is 12.0 Å². The Hall–Kier alpha value is -2.77. The number of carbonyl (C=O) groups excluding carboxylic acids is 1. The number of hydrogen-bond donors (Lipinski definition) is 2. The first-order valence-electron chi connectivity index (χ1n) is 9.12. The molecule has 3 aromatic rings. The summed E-state index contributed by atoms with van der Waals surface area (Å²) < 4.78 is 11.2. The van der Waals surface area contributed by atoms with Crippen LogP contribution in [0.3, 0.4) is 0 Å². The van der Waals surface area contributed by atoms with Crippen molar-refractivity contribution in [1.29, 1.82) is 0 Å². The van der Waals surface area contributed by atoms with Crippen LogP contribution < -0.4 is 10.6 Å². The standard InChI is InChI=1S/C20H22N4O3/c1-13-22-12-18(27-13)14-2-3-15-10-23-19(9-16(15)8-14)24-20(25)5-4-17-11-21-6-7-26-17/h2-3,8-10,12,17,21H,4-7,11H2,1H3,(H,23,24,25). The Morgan fingerprint density at radius 1 is 1.26 bits per heavy atom. The van der Waals surface area contributed by atoms with Gasteiger partial charge in [-0.2, -0.15) is 0 Å². The number of oxazole rings is 1. The van der Waals surface area contributed by atoms with E-state index in [4.69, 9.17) is 9.15 Å². The van der Waals surface area contributed by atoms with E-state index < -0.39 is 0 Å². The van der Waals surface area contributed by atoms with E-state index in [1.165, 1.54) is 0 Å². The number of ether oxygens (including phenoxy) is 1. The number of aryl methyl sites for hydroxylation is 1. The lowest BCUT2D eigenvalue weighted by atomic mass is 10.1. The number of aromatic nitrogens is 2. The van der Waals surface area contributed by atoms with Crippen molar-refractivity contribution in [2.45, 2.75) is 25.9 Å². The van der Waals surface area contributed by atoms with Crippen molar-refractivity contribution in [3.05, 3.63) is 42.5 Å². The maximum Gasteiger partial charge on any atom is 0.225 e. The number of nitrogens with one attached hydrogen (secondary N) is 2. The fourth-order valence-corrected chi connectivity index (χ4v) is 3.16. The fraction of sp³-hybridized carbons (Fsp3) is 0.350. The molecule has 0 spiro atoms. The Kier molecular flexibility index (Phi) is 5.13. The highest BCUT2D eigenvalue weighted by atomic mass is 16.5. The van der Waals surface area contributed by atoms with Gasteiger partial charge in [-0.15, -0.1) is 0 Å². The van der Waals surface area contributed by atoms with E-state index in [2.05, 4.69) is 20.6 Å². The molecule has 27 heavy (non-hydrogen) atoms. The summed E-state index contributed by atoms with van der Waals surface area (Å²) in [6, 6.07) is 7.84. The molecule has 1 saturated heterocycles. The molecule has 1 aliphatic rings. The maximum atomic E-state index is 12.2. The van der Waals surface area contributed by atoms with Crippen LogP contribution in [0.25, 0.3) is 22.1 Å². The molecule has 1 aliphatic heterocycles. The third-order valence-electron chi connectivity index (χ3n) is 4.59. The zero-order valence-electron chi connectivity index (χ0n) is 15.2. The number of amides is 1. The average molecular weight is 366 g/mol. The maximum absolute atomic E-state index is 12.2. The van der Waals surface area contributed by atoms with Crippen molar-refractivity contribution in [3.63, 3.8) is 0 Å². The Morgan fingerprint density at radius 2 is 2.19 bits per heavy atom. The van der Waals surface area contributed by atoms with E-state index in [9.17, 15) is 4.79 Å². The third-order valence-corrected chi connectivity index (χ3v) is 4.59. The summed E-state index contributed by atoms with van der Waals surface area (Å²) >= 11 is 0. The number of pyridine rings is 1. The number of carbonyl (C=O) groups is 1. The molecule has 0 aliphatic carbocycles. The summed E-state index contributed by atoms with van der Waals surface area (Å²) in [6.07, 6.45) is 4.67. The largest absolute Gasteiger partial charge is 0.441 e. The number of benzene rings is 1. The molecular weight excluding hydrogens is 344 g/mol. The van der Waals surface area contributed by atoms with Crippen molar-refractivity contribution < 1.29 is 13.9 Å². The van der Waals surface area contributed by atoms with Crippen LogP contribution in [-0.4, -0.2) is 41.7 Å². The summed E-state index contributed by atoms with van der Waals surface area (Å²) in [5.74, 6) is 1.84. The van der Waals surface area contributed by atoms with Crippen molar-refractivity contribution in [1.82, 2.24) is 15.3 Å². The van der Waals surface area contributed by atoms with Crippen molar-refractivity contribution >= 4 is 22.5 Å². The van der Waals surface area contributed by atoms with Gasteiger partial charge in [0.2, 0.25) is 5.91 Å². The highest BCUT2D eigenvalue weighted by Crippen LogP contribution is 2.26. The predicted octanol–water partition coefficient (Wildman–Crippen LogP) is 2.91. The minimum atomic E-state index is -0.0574.